The molecule has 0 saturated heterocycles. The third kappa shape index (κ3) is 1.98. The van der Waals surface area contributed by atoms with Crippen LogP contribution in [0.15, 0.2) is 29.6 Å². The molecule has 0 amide bonds. The molecule has 0 fully saturated rings. The molecule has 0 aliphatic carbocycles. The van der Waals surface area contributed by atoms with Crippen molar-refractivity contribution in [2.45, 2.75) is 6.42 Å². The monoisotopic (exact) mass is 274 g/mol. The zero-order chi connectivity index (χ0) is 13.2. The predicted molar refractivity (Wildman–Crippen MR) is 75.6 cm³/mol. The fourth-order valence-corrected chi connectivity index (χ4v) is 2.96. The minimum absolute atomic E-state index is 0.607. The summed E-state index contributed by atoms with van der Waals surface area (Å²) in [5, 5.41) is 10.6. The van der Waals surface area contributed by atoms with Gasteiger partial charge in [0, 0.05) is 17.5 Å². The highest BCUT2D eigenvalue weighted by molar-refractivity contribution is 7.15. The Morgan fingerprint density at radius 2 is 2.16 bits per heavy atom. The number of hydrogen-bond donors (Lipinski definition) is 1. The van der Waals surface area contributed by atoms with Gasteiger partial charge in [-0.25, -0.2) is 0 Å². The second kappa shape index (κ2) is 4.99. The van der Waals surface area contributed by atoms with Crippen LogP contribution in [0.3, 0.4) is 0 Å². The van der Waals surface area contributed by atoms with Gasteiger partial charge in [0.05, 0.1) is 12.7 Å². The summed E-state index contributed by atoms with van der Waals surface area (Å²) in [6.45, 7) is 0.607. The molecule has 6 heteroatoms. The fourth-order valence-electron chi connectivity index (χ4n) is 2.10. The fraction of sp³-hybridized carbons (Fsp3) is 0.231. The molecular formula is C13H14N4OS. The Balaban J connectivity index is 2.21. The largest absolute Gasteiger partial charge is 0.496 e. The number of nitrogens with zero attached hydrogens (tertiary/aromatic N) is 3. The lowest BCUT2D eigenvalue weighted by Gasteiger charge is -2.07. The SMILES string of the molecule is COc1ccccc1-c1nnc2scc(CCN)n12. The zero-order valence-electron chi connectivity index (χ0n) is 10.5. The highest BCUT2D eigenvalue weighted by Gasteiger charge is 2.16. The third-order valence-corrected chi connectivity index (χ3v) is 3.83. The zero-order valence-corrected chi connectivity index (χ0v) is 11.4. The minimum atomic E-state index is 0.607. The van der Waals surface area contributed by atoms with Crippen molar-refractivity contribution in [1.29, 1.82) is 0 Å². The van der Waals surface area contributed by atoms with Crippen molar-refractivity contribution in [1.82, 2.24) is 14.6 Å². The van der Waals surface area contributed by atoms with Crippen LogP contribution in [-0.4, -0.2) is 28.3 Å². The number of hydrogen-bond acceptors (Lipinski definition) is 5. The molecule has 3 aromatic rings. The van der Waals surface area contributed by atoms with Gasteiger partial charge < -0.3 is 10.5 Å². The van der Waals surface area contributed by atoms with Crippen LogP contribution >= 0.6 is 11.3 Å². The lowest BCUT2D eigenvalue weighted by Crippen LogP contribution is -2.05. The number of rotatable bonds is 4. The maximum atomic E-state index is 5.65. The van der Waals surface area contributed by atoms with Crippen LogP contribution in [-0.2, 0) is 6.42 Å². The topological polar surface area (TPSA) is 65.4 Å². The van der Waals surface area contributed by atoms with Gasteiger partial charge >= 0.3 is 0 Å². The van der Waals surface area contributed by atoms with Crippen LogP contribution in [0.5, 0.6) is 5.75 Å². The first-order valence-electron chi connectivity index (χ1n) is 6.00. The molecule has 0 aliphatic heterocycles. The van der Waals surface area contributed by atoms with Crippen LogP contribution in [0.2, 0.25) is 0 Å². The lowest BCUT2D eigenvalue weighted by molar-refractivity contribution is 0.416. The number of fused-ring (bicyclic) bond motifs is 1. The molecule has 0 spiro atoms. The van der Waals surface area contributed by atoms with Gasteiger partial charge in [0.25, 0.3) is 0 Å². The van der Waals surface area contributed by atoms with Gasteiger partial charge in [0.15, 0.2) is 5.82 Å². The van der Waals surface area contributed by atoms with E-state index in [1.807, 2.05) is 24.3 Å². The van der Waals surface area contributed by atoms with Crippen molar-refractivity contribution >= 4 is 16.3 Å². The Bertz CT molecular complexity index is 704. The average Bonchev–Trinajstić information content (AvgIpc) is 3.02. The van der Waals surface area contributed by atoms with Gasteiger partial charge in [-0.05, 0) is 18.7 Å². The molecule has 1 aromatic carbocycles. The van der Waals surface area contributed by atoms with E-state index >= 15 is 0 Å². The Kier molecular flexibility index (Phi) is 3.18. The highest BCUT2D eigenvalue weighted by Crippen LogP contribution is 2.30. The summed E-state index contributed by atoms with van der Waals surface area (Å²) in [5.74, 6) is 1.60. The second-order valence-corrected chi connectivity index (χ2v) is 4.94. The number of ether oxygens (including phenoxy) is 1. The van der Waals surface area contributed by atoms with Gasteiger partial charge in [-0.15, -0.1) is 21.5 Å². The molecule has 5 nitrogen and oxygen atoms in total. The average molecular weight is 274 g/mol. The van der Waals surface area contributed by atoms with E-state index in [1.165, 1.54) is 0 Å². The van der Waals surface area contributed by atoms with Crippen molar-refractivity contribution in [3.8, 4) is 17.1 Å². The predicted octanol–water partition coefficient (Wildman–Crippen LogP) is 1.97. The van der Waals surface area contributed by atoms with E-state index < -0.39 is 0 Å². The van der Waals surface area contributed by atoms with Crippen LogP contribution in [0, 0.1) is 0 Å². The van der Waals surface area contributed by atoms with Crippen LogP contribution in [0.1, 0.15) is 5.69 Å². The highest BCUT2D eigenvalue weighted by atomic mass is 32.1. The summed E-state index contributed by atoms with van der Waals surface area (Å²) in [7, 11) is 1.66. The van der Waals surface area contributed by atoms with Crippen LogP contribution < -0.4 is 10.5 Å². The third-order valence-electron chi connectivity index (χ3n) is 2.97. The first-order chi connectivity index (χ1) is 9.35. The maximum Gasteiger partial charge on any atom is 0.216 e. The van der Waals surface area contributed by atoms with E-state index in [9.17, 15) is 0 Å². The van der Waals surface area contributed by atoms with Gasteiger partial charge in [0.1, 0.15) is 5.75 Å². The number of methoxy groups -OCH3 is 1. The summed E-state index contributed by atoms with van der Waals surface area (Å²) in [6, 6.07) is 7.81. The lowest BCUT2D eigenvalue weighted by atomic mass is 10.2. The molecule has 0 unspecified atom stereocenters. The number of nitrogens with two attached hydrogens (primary N) is 1. The maximum absolute atomic E-state index is 5.65. The van der Waals surface area contributed by atoms with Gasteiger partial charge in [-0.3, -0.25) is 4.40 Å². The molecule has 0 bridgehead atoms. The number of thiazole rings is 1. The quantitative estimate of drug-likeness (QED) is 0.790. The van der Waals surface area contributed by atoms with Crippen molar-refractivity contribution < 1.29 is 4.74 Å². The van der Waals surface area contributed by atoms with E-state index in [2.05, 4.69) is 20.0 Å². The molecular weight excluding hydrogens is 260 g/mol. The first kappa shape index (κ1) is 12.1. The number of para-hydroxylation sites is 1. The van der Waals surface area contributed by atoms with Crippen molar-refractivity contribution in [3.05, 3.63) is 35.3 Å². The van der Waals surface area contributed by atoms with E-state index in [1.54, 1.807) is 18.4 Å². The van der Waals surface area contributed by atoms with Gasteiger partial charge in [-0.2, -0.15) is 0 Å². The molecule has 0 radical (unpaired) electrons. The normalized spacial score (nSPS) is 11.1. The molecule has 2 aromatic heterocycles. The Morgan fingerprint density at radius 3 is 2.95 bits per heavy atom. The number of aromatic nitrogens is 3. The molecule has 98 valence electrons. The molecule has 3 rings (SSSR count). The number of benzene rings is 1. The first-order valence-corrected chi connectivity index (χ1v) is 6.88. The smallest absolute Gasteiger partial charge is 0.216 e. The van der Waals surface area contributed by atoms with E-state index in [0.29, 0.717) is 6.54 Å². The molecule has 2 heterocycles. The minimum Gasteiger partial charge on any atom is -0.496 e. The Labute approximate surface area is 114 Å². The van der Waals surface area contributed by atoms with E-state index in [4.69, 9.17) is 10.5 Å². The standard InChI is InChI=1S/C13H14N4OS/c1-18-11-5-3-2-4-10(11)12-15-16-13-17(12)9(6-7-14)8-19-13/h2-5,8H,6-7,14H2,1H3. The van der Waals surface area contributed by atoms with Gasteiger partial charge in [-0.1, -0.05) is 12.1 Å². The molecule has 0 saturated carbocycles. The summed E-state index contributed by atoms with van der Waals surface area (Å²) < 4.78 is 7.44. The Morgan fingerprint density at radius 1 is 1.32 bits per heavy atom. The summed E-state index contributed by atoms with van der Waals surface area (Å²) in [5.41, 5.74) is 7.72. The van der Waals surface area contributed by atoms with Crippen LogP contribution in [0.25, 0.3) is 16.3 Å². The summed E-state index contributed by atoms with van der Waals surface area (Å²) >= 11 is 1.58. The van der Waals surface area contributed by atoms with Crippen molar-refractivity contribution in [3.63, 3.8) is 0 Å². The van der Waals surface area contributed by atoms with E-state index in [-0.39, 0.29) is 0 Å². The molecule has 0 aliphatic rings. The van der Waals surface area contributed by atoms with Crippen molar-refractivity contribution in [2.75, 3.05) is 13.7 Å². The summed E-state index contributed by atoms with van der Waals surface area (Å²) in [4.78, 5) is 0.879. The van der Waals surface area contributed by atoms with Crippen molar-refractivity contribution in [2.24, 2.45) is 5.73 Å². The summed E-state index contributed by atoms with van der Waals surface area (Å²) in [6.07, 6.45) is 0.806. The van der Waals surface area contributed by atoms with Gasteiger partial charge in [0.2, 0.25) is 4.96 Å². The van der Waals surface area contributed by atoms with E-state index in [0.717, 1.165) is 34.2 Å². The molecule has 19 heavy (non-hydrogen) atoms. The van der Waals surface area contributed by atoms with Crippen LogP contribution in [0.4, 0.5) is 0 Å². The second-order valence-electron chi connectivity index (χ2n) is 4.11. The molecule has 0 atom stereocenters. The molecule has 2 N–H and O–H groups in total. The Hall–Kier alpha value is -1.92.